The number of carbonyl (C=O) groups is 1. The predicted octanol–water partition coefficient (Wildman–Crippen LogP) is 4.35. The second-order valence-corrected chi connectivity index (χ2v) is 11.7. The van der Waals surface area contributed by atoms with Crippen molar-refractivity contribution in [2.75, 3.05) is 13.1 Å². The summed E-state index contributed by atoms with van der Waals surface area (Å²) in [6.07, 6.45) is -0.826. The highest BCUT2D eigenvalue weighted by Crippen LogP contribution is 2.41. The number of alkyl halides is 3. The fraction of sp³-hybridized carbons (Fsp3) is 0.517. The molecule has 1 aromatic heterocycles. The van der Waals surface area contributed by atoms with Crippen LogP contribution in [0.4, 0.5) is 22.0 Å². The lowest BCUT2D eigenvalue weighted by Gasteiger charge is -2.40. The van der Waals surface area contributed by atoms with Crippen molar-refractivity contribution in [2.45, 2.75) is 56.5 Å². The number of piperidine rings is 1. The van der Waals surface area contributed by atoms with E-state index >= 15 is 0 Å². The van der Waals surface area contributed by atoms with E-state index in [9.17, 15) is 26.7 Å². The molecule has 3 fully saturated rings. The molecular weight excluding hydrogens is 543 g/mol. The van der Waals surface area contributed by atoms with E-state index in [1.165, 1.54) is 11.0 Å². The van der Waals surface area contributed by atoms with E-state index < -0.39 is 29.8 Å². The maximum atomic E-state index is 14.3. The third kappa shape index (κ3) is 5.82. The quantitative estimate of drug-likeness (QED) is 0.394. The summed E-state index contributed by atoms with van der Waals surface area (Å²) in [7, 11) is 1.87. The number of fused-ring (bicyclic) bond motifs is 2. The van der Waals surface area contributed by atoms with Gasteiger partial charge in [-0.3, -0.25) is 19.8 Å². The second-order valence-electron chi connectivity index (χ2n) is 11.7. The van der Waals surface area contributed by atoms with Gasteiger partial charge in [-0.25, -0.2) is 14.2 Å². The Kier molecular flexibility index (Phi) is 7.50. The smallest absolute Gasteiger partial charge is 0.352 e. The Morgan fingerprint density at radius 1 is 1.07 bits per heavy atom. The van der Waals surface area contributed by atoms with Crippen LogP contribution in [0.15, 0.2) is 42.6 Å². The molecule has 3 heterocycles. The molecule has 1 saturated carbocycles. The number of benzene rings is 2. The van der Waals surface area contributed by atoms with Gasteiger partial charge < -0.3 is 5.32 Å². The largest absolute Gasteiger partial charge is 0.393 e. The number of rotatable bonds is 5. The molecule has 0 spiro atoms. The van der Waals surface area contributed by atoms with Crippen molar-refractivity contribution >= 4 is 16.8 Å². The van der Waals surface area contributed by atoms with Crippen LogP contribution in [-0.4, -0.2) is 51.9 Å². The van der Waals surface area contributed by atoms with E-state index in [1.807, 2.05) is 25.4 Å². The Balaban J connectivity index is 1.14. The summed E-state index contributed by atoms with van der Waals surface area (Å²) in [5, 5.41) is 8.33. The number of hydrogen-bond donors (Lipinski definition) is 3. The van der Waals surface area contributed by atoms with Gasteiger partial charge in [0.2, 0.25) is 5.91 Å². The SMILES string of the molecule is Cn1cc2cc(C3NNC4CCC(C(=O)N[C@H]5C[C@@H](C(F)(F)F)CN(Cc6c(F)cccc6F)C5)CC43)ccc2n1. The first kappa shape index (κ1) is 28.0. The topological polar surface area (TPSA) is 74.2 Å². The first-order valence-electron chi connectivity index (χ1n) is 14.0. The van der Waals surface area contributed by atoms with Crippen LogP contribution < -0.4 is 16.2 Å². The summed E-state index contributed by atoms with van der Waals surface area (Å²) in [6.45, 7) is -0.593. The van der Waals surface area contributed by atoms with Crippen LogP contribution in [0.2, 0.25) is 0 Å². The van der Waals surface area contributed by atoms with Gasteiger partial charge in [0.15, 0.2) is 0 Å². The minimum Gasteiger partial charge on any atom is -0.352 e. The highest BCUT2D eigenvalue weighted by atomic mass is 19.4. The Morgan fingerprint density at radius 3 is 2.61 bits per heavy atom. The van der Waals surface area contributed by atoms with Crippen LogP contribution in [0, 0.1) is 29.4 Å². The highest BCUT2D eigenvalue weighted by molar-refractivity contribution is 5.80. The lowest BCUT2D eigenvalue weighted by atomic mass is 9.74. The highest BCUT2D eigenvalue weighted by Gasteiger charge is 2.46. The number of nitrogens with one attached hydrogen (secondary N) is 3. The molecule has 2 aromatic carbocycles. The average molecular weight is 577 g/mol. The minimum atomic E-state index is -4.49. The Hall–Kier alpha value is -3.09. The van der Waals surface area contributed by atoms with E-state index in [4.69, 9.17) is 0 Å². The van der Waals surface area contributed by atoms with Gasteiger partial charge in [0, 0.05) is 61.8 Å². The molecule has 41 heavy (non-hydrogen) atoms. The molecule has 6 rings (SSSR count). The molecule has 3 aromatic rings. The number of aromatic nitrogens is 2. The molecule has 0 radical (unpaired) electrons. The van der Waals surface area contributed by atoms with E-state index in [0.29, 0.717) is 12.8 Å². The summed E-state index contributed by atoms with van der Waals surface area (Å²) in [5.74, 6) is -3.78. The standard InChI is InChI=1S/C29H33F5N6O/c1-39-12-18-9-16(5-7-25(18)38-39)27-21-10-17(6-8-26(21)36-37-27)28(41)35-20-11-19(29(32,33)34)13-40(14-20)15-22-23(30)3-2-4-24(22)31/h2-5,7,9,12,17,19-21,26-27,36-37H,6,8,10-11,13-15H2,1H3,(H,35,41)/t17?,19-,20+,21?,26?,27?/m1/s1. The molecule has 4 unspecified atom stereocenters. The van der Waals surface area contributed by atoms with Crippen molar-refractivity contribution in [3.05, 3.63) is 65.4 Å². The van der Waals surface area contributed by atoms with E-state index in [-0.39, 0.29) is 61.4 Å². The number of hydrogen-bond acceptors (Lipinski definition) is 5. The number of amides is 1. The predicted molar refractivity (Wildman–Crippen MR) is 142 cm³/mol. The van der Waals surface area contributed by atoms with Crippen LogP contribution >= 0.6 is 0 Å². The van der Waals surface area contributed by atoms with Gasteiger partial charge in [-0.2, -0.15) is 18.3 Å². The van der Waals surface area contributed by atoms with Crippen LogP contribution in [-0.2, 0) is 18.4 Å². The zero-order chi connectivity index (χ0) is 28.9. The molecule has 6 atom stereocenters. The number of carbonyl (C=O) groups excluding carboxylic acids is 1. The molecule has 3 N–H and O–H groups in total. The van der Waals surface area contributed by atoms with Gasteiger partial charge in [0.05, 0.1) is 17.5 Å². The molecule has 2 aliphatic heterocycles. The minimum absolute atomic E-state index is 0.0179. The van der Waals surface area contributed by atoms with Crippen LogP contribution in [0.1, 0.15) is 42.9 Å². The lowest BCUT2D eigenvalue weighted by Crippen LogP contribution is -2.54. The molecule has 0 bridgehead atoms. The van der Waals surface area contributed by atoms with E-state index in [2.05, 4.69) is 27.3 Å². The summed E-state index contributed by atoms with van der Waals surface area (Å²) in [4.78, 5) is 14.8. The molecular formula is C29H33F5N6O. The zero-order valence-electron chi connectivity index (χ0n) is 22.6. The zero-order valence-corrected chi connectivity index (χ0v) is 22.6. The van der Waals surface area contributed by atoms with Crippen molar-refractivity contribution in [3.63, 3.8) is 0 Å². The normalized spacial score (nSPS) is 29.0. The second kappa shape index (κ2) is 11.0. The Morgan fingerprint density at radius 2 is 1.85 bits per heavy atom. The monoisotopic (exact) mass is 576 g/mol. The molecule has 12 heteroatoms. The third-order valence-corrected chi connectivity index (χ3v) is 8.90. The van der Waals surface area contributed by atoms with Crippen LogP contribution in [0.3, 0.4) is 0 Å². The van der Waals surface area contributed by atoms with Crippen molar-refractivity contribution in [3.8, 4) is 0 Å². The molecule has 2 saturated heterocycles. The van der Waals surface area contributed by atoms with Gasteiger partial charge in [-0.15, -0.1) is 0 Å². The summed E-state index contributed by atoms with van der Waals surface area (Å²) in [6, 6.07) is 8.90. The molecule has 1 aliphatic carbocycles. The van der Waals surface area contributed by atoms with Gasteiger partial charge >= 0.3 is 6.18 Å². The van der Waals surface area contributed by atoms with Gasteiger partial charge in [-0.05, 0) is 61.4 Å². The first-order valence-corrected chi connectivity index (χ1v) is 14.0. The lowest BCUT2D eigenvalue weighted by molar-refractivity contribution is -0.190. The van der Waals surface area contributed by atoms with Crippen molar-refractivity contribution in [2.24, 2.45) is 24.8 Å². The molecule has 7 nitrogen and oxygen atoms in total. The van der Waals surface area contributed by atoms with Crippen molar-refractivity contribution < 1.29 is 26.7 Å². The fourth-order valence-corrected chi connectivity index (χ4v) is 6.87. The molecule has 220 valence electrons. The number of likely N-dealkylation sites (tertiary alicyclic amines) is 1. The average Bonchev–Trinajstić information content (AvgIpc) is 3.51. The summed E-state index contributed by atoms with van der Waals surface area (Å²) >= 11 is 0. The Bertz CT molecular complexity index is 1410. The number of nitrogens with zero attached hydrogens (tertiary/aromatic N) is 3. The fourth-order valence-electron chi connectivity index (χ4n) is 6.87. The third-order valence-electron chi connectivity index (χ3n) is 8.90. The summed E-state index contributed by atoms with van der Waals surface area (Å²) in [5.41, 5.74) is 8.47. The number of hydrazine groups is 1. The van der Waals surface area contributed by atoms with Gasteiger partial charge in [0.1, 0.15) is 11.6 Å². The maximum Gasteiger partial charge on any atom is 0.393 e. The molecule has 1 amide bonds. The van der Waals surface area contributed by atoms with Crippen LogP contribution in [0.5, 0.6) is 0 Å². The van der Waals surface area contributed by atoms with Crippen molar-refractivity contribution in [1.29, 1.82) is 0 Å². The number of aryl methyl sites for hydroxylation is 1. The van der Waals surface area contributed by atoms with E-state index in [0.717, 1.165) is 35.0 Å². The maximum absolute atomic E-state index is 14.3. The van der Waals surface area contributed by atoms with Crippen molar-refractivity contribution in [1.82, 2.24) is 30.8 Å². The van der Waals surface area contributed by atoms with E-state index in [1.54, 1.807) is 4.68 Å². The first-order chi connectivity index (χ1) is 19.5. The van der Waals surface area contributed by atoms with Gasteiger partial charge in [0.25, 0.3) is 0 Å². The summed E-state index contributed by atoms with van der Waals surface area (Å²) < 4.78 is 71.7. The van der Waals surface area contributed by atoms with Crippen LogP contribution in [0.25, 0.3) is 10.9 Å². The number of halogens is 5. The Labute approximate surface area is 234 Å². The van der Waals surface area contributed by atoms with Gasteiger partial charge in [-0.1, -0.05) is 12.1 Å². The molecule has 3 aliphatic rings.